The molecule has 0 aliphatic carbocycles. The molecule has 2 aromatic carbocycles. The lowest BCUT2D eigenvalue weighted by atomic mass is 9.95. The Hall–Kier alpha value is -3.80. The zero-order valence-electron chi connectivity index (χ0n) is 20.1. The van der Waals surface area contributed by atoms with Crippen molar-refractivity contribution in [2.45, 2.75) is 46.6 Å². The Morgan fingerprint density at radius 3 is 2.53 bits per heavy atom. The molecule has 1 aliphatic heterocycles. The first-order valence-electron chi connectivity index (χ1n) is 11.4. The Bertz CT molecular complexity index is 1270. The first kappa shape index (κ1) is 23.4. The number of anilines is 1. The number of aliphatic hydroxyl groups is 1. The molecule has 6 heteroatoms. The summed E-state index contributed by atoms with van der Waals surface area (Å²) in [6, 6.07) is 13.4. The number of aliphatic hydroxyl groups excluding tert-OH is 1. The molecular weight excluding hydrogens is 430 g/mol. The average molecular weight is 460 g/mol. The van der Waals surface area contributed by atoms with Crippen molar-refractivity contribution in [2.24, 2.45) is 0 Å². The number of aryl methyl sites for hydroxylation is 1. The number of ketones is 1. The zero-order chi connectivity index (χ0) is 24.6. The molecule has 0 radical (unpaired) electrons. The summed E-state index contributed by atoms with van der Waals surface area (Å²) in [4.78, 5) is 28.0. The van der Waals surface area contributed by atoms with Gasteiger partial charge in [-0.05, 0) is 79.8 Å². The molecule has 3 aromatic rings. The predicted octanol–water partition coefficient (Wildman–Crippen LogP) is 6.04. The van der Waals surface area contributed by atoms with Gasteiger partial charge in [0.05, 0.1) is 18.4 Å². The third-order valence-electron chi connectivity index (χ3n) is 6.30. The van der Waals surface area contributed by atoms with Gasteiger partial charge in [-0.3, -0.25) is 14.5 Å². The number of carbonyl (C=O) groups excluding carboxylic acids is 2. The molecule has 176 valence electrons. The summed E-state index contributed by atoms with van der Waals surface area (Å²) in [6.07, 6.45) is 1.49. The standard InChI is InChI=1S/C28H29NO5/c1-6-33-22-13-12-19(15-20(22)16(2)3)26(30)24-25(23-11-8-14-34-23)29(28(32)27(24)31)21-10-7-9-17(4)18(21)5/h7-16,25,30H,6H2,1-5H3/b26-24-. The number of rotatable bonds is 6. The van der Waals surface area contributed by atoms with E-state index in [1.807, 2.05) is 52.8 Å². The molecular formula is C28H29NO5. The van der Waals surface area contributed by atoms with Gasteiger partial charge in [0.1, 0.15) is 23.3 Å². The van der Waals surface area contributed by atoms with Crippen LogP contribution in [-0.2, 0) is 9.59 Å². The number of amides is 1. The number of carbonyl (C=O) groups is 2. The van der Waals surface area contributed by atoms with Gasteiger partial charge in [-0.2, -0.15) is 0 Å². The number of hydrogen-bond donors (Lipinski definition) is 1. The van der Waals surface area contributed by atoms with Crippen LogP contribution in [0, 0.1) is 13.8 Å². The molecule has 1 aromatic heterocycles. The molecule has 0 saturated carbocycles. The maximum Gasteiger partial charge on any atom is 0.300 e. The highest BCUT2D eigenvalue weighted by Crippen LogP contribution is 2.44. The van der Waals surface area contributed by atoms with E-state index in [-0.39, 0.29) is 17.3 Å². The van der Waals surface area contributed by atoms with Gasteiger partial charge in [0, 0.05) is 11.3 Å². The van der Waals surface area contributed by atoms with Crippen LogP contribution < -0.4 is 9.64 Å². The quantitative estimate of drug-likeness (QED) is 0.276. The van der Waals surface area contributed by atoms with Crippen molar-refractivity contribution in [1.29, 1.82) is 0 Å². The topological polar surface area (TPSA) is 80.0 Å². The van der Waals surface area contributed by atoms with E-state index in [0.29, 0.717) is 23.6 Å². The van der Waals surface area contributed by atoms with E-state index in [2.05, 4.69) is 0 Å². The maximum atomic E-state index is 13.3. The number of hydrogen-bond acceptors (Lipinski definition) is 5. The Balaban J connectivity index is 1.93. The fourth-order valence-electron chi connectivity index (χ4n) is 4.38. The number of furan rings is 1. The Kier molecular flexibility index (Phi) is 6.33. The second-order valence-corrected chi connectivity index (χ2v) is 8.74. The van der Waals surface area contributed by atoms with Crippen LogP contribution in [0.15, 0.2) is 64.8 Å². The molecule has 1 N–H and O–H groups in total. The van der Waals surface area contributed by atoms with Gasteiger partial charge in [0.15, 0.2) is 0 Å². The Morgan fingerprint density at radius 1 is 1.12 bits per heavy atom. The Morgan fingerprint density at radius 2 is 1.88 bits per heavy atom. The van der Waals surface area contributed by atoms with Gasteiger partial charge in [-0.15, -0.1) is 0 Å². The molecule has 6 nitrogen and oxygen atoms in total. The van der Waals surface area contributed by atoms with Crippen LogP contribution in [0.3, 0.4) is 0 Å². The number of nitrogens with zero attached hydrogens (tertiary/aromatic N) is 1. The summed E-state index contributed by atoms with van der Waals surface area (Å²) >= 11 is 0. The van der Waals surface area contributed by atoms with E-state index in [4.69, 9.17) is 9.15 Å². The van der Waals surface area contributed by atoms with Crippen molar-refractivity contribution in [3.63, 3.8) is 0 Å². The van der Waals surface area contributed by atoms with Gasteiger partial charge >= 0.3 is 0 Å². The van der Waals surface area contributed by atoms with E-state index in [1.54, 1.807) is 30.3 Å². The summed E-state index contributed by atoms with van der Waals surface area (Å²) in [5.41, 5.74) is 3.83. The minimum atomic E-state index is -0.885. The third kappa shape index (κ3) is 3.89. The first-order valence-corrected chi connectivity index (χ1v) is 11.4. The summed E-state index contributed by atoms with van der Waals surface area (Å²) in [7, 11) is 0. The summed E-state index contributed by atoms with van der Waals surface area (Å²) < 4.78 is 11.4. The van der Waals surface area contributed by atoms with Crippen molar-refractivity contribution in [3.8, 4) is 5.75 Å². The summed E-state index contributed by atoms with van der Waals surface area (Å²) in [5, 5.41) is 11.4. The lowest BCUT2D eigenvalue weighted by Crippen LogP contribution is -2.30. The number of ether oxygens (including phenoxy) is 1. The smallest absolute Gasteiger partial charge is 0.300 e. The SMILES string of the molecule is CCOc1ccc(/C(O)=C2/C(=O)C(=O)N(c3cccc(C)c3C)C2c2ccco2)cc1C(C)C. The highest BCUT2D eigenvalue weighted by Gasteiger charge is 2.48. The van der Waals surface area contributed by atoms with Crippen LogP contribution in [0.25, 0.3) is 5.76 Å². The normalized spacial score (nSPS) is 17.6. The molecule has 1 fully saturated rings. The van der Waals surface area contributed by atoms with Crippen LogP contribution >= 0.6 is 0 Å². The third-order valence-corrected chi connectivity index (χ3v) is 6.30. The van der Waals surface area contributed by atoms with Gasteiger partial charge in [0.2, 0.25) is 0 Å². The molecule has 1 saturated heterocycles. The van der Waals surface area contributed by atoms with E-state index in [0.717, 1.165) is 22.4 Å². The highest BCUT2D eigenvalue weighted by molar-refractivity contribution is 6.51. The fraction of sp³-hybridized carbons (Fsp3) is 0.286. The van der Waals surface area contributed by atoms with Crippen LogP contribution in [0.4, 0.5) is 5.69 Å². The van der Waals surface area contributed by atoms with Crippen molar-refractivity contribution in [2.75, 3.05) is 11.5 Å². The molecule has 0 spiro atoms. The van der Waals surface area contributed by atoms with E-state index < -0.39 is 17.7 Å². The largest absolute Gasteiger partial charge is 0.507 e. The van der Waals surface area contributed by atoms with Crippen molar-refractivity contribution in [3.05, 3.63) is 88.4 Å². The van der Waals surface area contributed by atoms with E-state index >= 15 is 0 Å². The number of benzene rings is 2. The predicted molar refractivity (Wildman–Crippen MR) is 131 cm³/mol. The van der Waals surface area contributed by atoms with Crippen LogP contribution in [0.2, 0.25) is 0 Å². The minimum absolute atomic E-state index is 0.000257. The molecule has 0 bridgehead atoms. The second-order valence-electron chi connectivity index (χ2n) is 8.74. The fourth-order valence-corrected chi connectivity index (χ4v) is 4.38. The minimum Gasteiger partial charge on any atom is -0.507 e. The Labute approximate surface area is 199 Å². The monoisotopic (exact) mass is 459 g/mol. The molecule has 4 rings (SSSR count). The van der Waals surface area contributed by atoms with Crippen LogP contribution in [0.5, 0.6) is 5.75 Å². The van der Waals surface area contributed by atoms with Crippen LogP contribution in [0.1, 0.15) is 60.7 Å². The van der Waals surface area contributed by atoms with Gasteiger partial charge in [0.25, 0.3) is 11.7 Å². The second kappa shape index (κ2) is 9.21. The summed E-state index contributed by atoms with van der Waals surface area (Å²) in [5.74, 6) is -0.430. The van der Waals surface area contributed by atoms with Crippen molar-refractivity contribution < 1.29 is 23.8 Å². The van der Waals surface area contributed by atoms with Gasteiger partial charge < -0.3 is 14.3 Å². The molecule has 1 unspecified atom stereocenters. The van der Waals surface area contributed by atoms with Gasteiger partial charge in [-0.1, -0.05) is 26.0 Å². The average Bonchev–Trinajstić information content (AvgIpc) is 3.43. The van der Waals surface area contributed by atoms with Crippen molar-refractivity contribution >= 4 is 23.1 Å². The zero-order valence-corrected chi connectivity index (χ0v) is 20.1. The van der Waals surface area contributed by atoms with Crippen LogP contribution in [-0.4, -0.2) is 23.4 Å². The summed E-state index contributed by atoms with van der Waals surface area (Å²) in [6.45, 7) is 10.4. The lowest BCUT2D eigenvalue weighted by molar-refractivity contribution is -0.132. The molecule has 1 atom stereocenters. The maximum absolute atomic E-state index is 13.3. The molecule has 1 aliphatic rings. The van der Waals surface area contributed by atoms with Gasteiger partial charge in [-0.25, -0.2) is 0 Å². The van der Waals surface area contributed by atoms with E-state index in [9.17, 15) is 14.7 Å². The molecule has 34 heavy (non-hydrogen) atoms. The lowest BCUT2D eigenvalue weighted by Gasteiger charge is -2.25. The van der Waals surface area contributed by atoms with Crippen molar-refractivity contribution in [1.82, 2.24) is 0 Å². The highest BCUT2D eigenvalue weighted by atomic mass is 16.5. The molecule has 1 amide bonds. The first-order chi connectivity index (χ1) is 16.3. The van der Waals surface area contributed by atoms with E-state index in [1.165, 1.54) is 11.2 Å². The molecule has 2 heterocycles. The number of Topliss-reactive ketones (excluding diaryl/α,β-unsaturated/α-hetero) is 1.